The van der Waals surface area contributed by atoms with Crippen LogP contribution in [-0.2, 0) is 32.0 Å². The second-order valence-corrected chi connectivity index (χ2v) is 11.0. The van der Waals surface area contributed by atoms with Crippen molar-refractivity contribution in [3.8, 4) is 5.75 Å². The van der Waals surface area contributed by atoms with Gasteiger partial charge in [0.2, 0.25) is 10.0 Å². The van der Waals surface area contributed by atoms with Crippen LogP contribution in [0.2, 0.25) is 0 Å². The lowest BCUT2D eigenvalue weighted by Crippen LogP contribution is -2.42. The molecule has 2 heterocycles. The van der Waals surface area contributed by atoms with Crippen LogP contribution in [0.5, 0.6) is 5.75 Å². The van der Waals surface area contributed by atoms with Crippen molar-refractivity contribution in [3.05, 3.63) is 47.9 Å². The molecule has 9 heteroatoms. The lowest BCUT2D eigenvalue weighted by molar-refractivity contribution is 0.341. The Morgan fingerprint density at radius 1 is 1.14 bits per heavy atom. The van der Waals surface area contributed by atoms with E-state index in [1.807, 2.05) is 13.0 Å². The number of nitrogens with zero attached hydrogens (tertiary/aromatic N) is 1. The Labute approximate surface area is 166 Å². The Morgan fingerprint density at radius 3 is 2.43 bits per heavy atom. The van der Waals surface area contributed by atoms with E-state index in [9.17, 15) is 16.8 Å². The SMILES string of the molecule is CCc1ccc(OC)c(S(=O)(=O)N2CCC(S(=O)(=O)Cc3ccco3)CC2)c1. The van der Waals surface area contributed by atoms with E-state index in [-0.39, 0.29) is 36.6 Å². The maximum absolute atomic E-state index is 13.1. The number of benzene rings is 1. The molecule has 1 aliphatic rings. The molecule has 1 saturated heterocycles. The molecule has 0 N–H and O–H groups in total. The van der Waals surface area contributed by atoms with Crippen molar-refractivity contribution in [1.82, 2.24) is 4.31 Å². The molecule has 2 aromatic rings. The third-order valence-corrected chi connectivity index (χ3v) is 9.18. The predicted octanol–water partition coefficient (Wildman–Crippen LogP) is 2.62. The molecule has 0 amide bonds. The van der Waals surface area contributed by atoms with Gasteiger partial charge in [-0.3, -0.25) is 0 Å². The maximum Gasteiger partial charge on any atom is 0.246 e. The Hall–Kier alpha value is -1.84. The molecule has 7 nitrogen and oxygen atoms in total. The van der Waals surface area contributed by atoms with Gasteiger partial charge in [-0.2, -0.15) is 4.31 Å². The number of hydrogen-bond donors (Lipinski definition) is 0. The summed E-state index contributed by atoms with van der Waals surface area (Å²) >= 11 is 0. The van der Waals surface area contributed by atoms with E-state index < -0.39 is 25.1 Å². The van der Waals surface area contributed by atoms with Crippen LogP contribution in [0, 0.1) is 0 Å². The molecule has 154 valence electrons. The number of sulfone groups is 1. The maximum atomic E-state index is 13.1. The highest BCUT2D eigenvalue weighted by Crippen LogP contribution is 2.31. The summed E-state index contributed by atoms with van der Waals surface area (Å²) in [5, 5.41) is -0.576. The summed E-state index contributed by atoms with van der Waals surface area (Å²) in [5.74, 6) is 0.532. The van der Waals surface area contributed by atoms with Gasteiger partial charge in [0.05, 0.1) is 18.6 Å². The molecular weight excluding hydrogens is 402 g/mol. The first-order chi connectivity index (χ1) is 13.3. The highest BCUT2D eigenvalue weighted by atomic mass is 32.2. The number of aryl methyl sites for hydroxylation is 1. The van der Waals surface area contributed by atoms with E-state index in [2.05, 4.69) is 0 Å². The summed E-state index contributed by atoms with van der Waals surface area (Å²) in [6.07, 6.45) is 2.67. The molecule has 1 fully saturated rings. The lowest BCUT2D eigenvalue weighted by atomic mass is 10.2. The van der Waals surface area contributed by atoms with Crippen molar-refractivity contribution in [2.75, 3.05) is 20.2 Å². The Balaban J connectivity index is 1.75. The van der Waals surface area contributed by atoms with E-state index in [1.54, 1.807) is 24.3 Å². The van der Waals surface area contributed by atoms with Crippen molar-refractivity contribution in [2.45, 2.75) is 42.1 Å². The molecule has 0 saturated carbocycles. The summed E-state index contributed by atoms with van der Waals surface area (Å²) in [6.45, 7) is 2.27. The number of hydrogen-bond acceptors (Lipinski definition) is 6. The average molecular weight is 428 g/mol. The lowest BCUT2D eigenvalue weighted by Gasteiger charge is -2.31. The van der Waals surface area contributed by atoms with Gasteiger partial charge in [-0.05, 0) is 49.1 Å². The first kappa shape index (κ1) is 20.9. The highest BCUT2D eigenvalue weighted by molar-refractivity contribution is 7.91. The molecule has 0 spiro atoms. The smallest absolute Gasteiger partial charge is 0.246 e. The first-order valence-electron chi connectivity index (χ1n) is 9.19. The monoisotopic (exact) mass is 427 g/mol. The summed E-state index contributed by atoms with van der Waals surface area (Å²) in [4.78, 5) is 0.131. The number of piperidine rings is 1. The van der Waals surface area contributed by atoms with Crippen molar-refractivity contribution >= 4 is 19.9 Å². The van der Waals surface area contributed by atoms with Crippen LogP contribution in [0.15, 0.2) is 45.9 Å². The molecule has 28 heavy (non-hydrogen) atoms. The van der Waals surface area contributed by atoms with Crippen LogP contribution >= 0.6 is 0 Å². The van der Waals surface area contributed by atoms with Gasteiger partial charge in [0.25, 0.3) is 0 Å². The van der Waals surface area contributed by atoms with Crippen molar-refractivity contribution in [2.24, 2.45) is 0 Å². The van der Waals surface area contributed by atoms with Gasteiger partial charge in [-0.15, -0.1) is 0 Å². The fraction of sp³-hybridized carbons (Fsp3) is 0.474. The topological polar surface area (TPSA) is 93.9 Å². The van der Waals surface area contributed by atoms with Crippen molar-refractivity contribution in [3.63, 3.8) is 0 Å². The fourth-order valence-corrected chi connectivity index (χ4v) is 6.83. The van der Waals surface area contributed by atoms with Crippen LogP contribution < -0.4 is 4.74 Å². The molecular formula is C19H25NO6S2. The number of sulfonamides is 1. The van der Waals surface area contributed by atoms with Crippen LogP contribution in [0.3, 0.4) is 0 Å². The molecule has 0 bridgehead atoms. The quantitative estimate of drug-likeness (QED) is 0.674. The Morgan fingerprint density at radius 2 is 1.86 bits per heavy atom. The first-order valence-corrected chi connectivity index (χ1v) is 12.3. The third kappa shape index (κ3) is 4.26. The van der Waals surface area contributed by atoms with Gasteiger partial charge >= 0.3 is 0 Å². The highest BCUT2D eigenvalue weighted by Gasteiger charge is 2.36. The number of methoxy groups -OCH3 is 1. The normalized spacial score (nSPS) is 16.9. The zero-order valence-corrected chi connectivity index (χ0v) is 17.6. The van der Waals surface area contributed by atoms with Gasteiger partial charge in [-0.25, -0.2) is 16.8 Å². The van der Waals surface area contributed by atoms with Gasteiger partial charge in [0.1, 0.15) is 22.2 Å². The van der Waals surface area contributed by atoms with Crippen LogP contribution in [0.4, 0.5) is 0 Å². The van der Waals surface area contributed by atoms with E-state index in [0.29, 0.717) is 17.9 Å². The minimum absolute atomic E-state index is 0.131. The predicted molar refractivity (Wildman–Crippen MR) is 105 cm³/mol. The molecule has 1 aliphatic heterocycles. The molecule has 0 atom stereocenters. The van der Waals surface area contributed by atoms with Crippen LogP contribution in [-0.4, -0.2) is 46.6 Å². The molecule has 1 aromatic carbocycles. The van der Waals surface area contributed by atoms with Gasteiger partial charge in [0.15, 0.2) is 9.84 Å². The number of ether oxygens (including phenoxy) is 1. The summed E-state index contributed by atoms with van der Waals surface area (Å²) < 4.78 is 63.2. The number of rotatable bonds is 7. The van der Waals surface area contributed by atoms with Crippen molar-refractivity contribution < 1.29 is 26.0 Å². The standard InChI is InChI=1S/C19H25NO6S2/c1-3-15-6-7-18(25-2)19(13-15)28(23,24)20-10-8-17(9-11-20)27(21,22)14-16-5-4-12-26-16/h4-7,12-13,17H,3,8-11,14H2,1-2H3. The third-order valence-electron chi connectivity index (χ3n) is 5.09. The largest absolute Gasteiger partial charge is 0.495 e. The van der Waals surface area contributed by atoms with Gasteiger partial charge in [-0.1, -0.05) is 13.0 Å². The molecule has 0 unspecified atom stereocenters. The van der Waals surface area contributed by atoms with Crippen LogP contribution in [0.1, 0.15) is 31.1 Å². The summed E-state index contributed by atoms with van der Waals surface area (Å²) in [7, 11) is -5.73. The minimum atomic E-state index is -3.76. The Bertz CT molecular complexity index is 1000. The molecule has 0 radical (unpaired) electrons. The molecule has 3 rings (SSSR count). The van der Waals surface area contributed by atoms with E-state index in [1.165, 1.54) is 17.7 Å². The van der Waals surface area contributed by atoms with E-state index >= 15 is 0 Å². The van der Waals surface area contributed by atoms with Crippen LogP contribution in [0.25, 0.3) is 0 Å². The summed E-state index contributed by atoms with van der Waals surface area (Å²) in [5.41, 5.74) is 0.898. The zero-order valence-electron chi connectivity index (χ0n) is 16.0. The molecule has 1 aromatic heterocycles. The summed E-state index contributed by atoms with van der Waals surface area (Å²) in [6, 6.07) is 8.41. The van der Waals surface area contributed by atoms with Crippen molar-refractivity contribution in [1.29, 1.82) is 0 Å². The Kier molecular flexibility index (Phi) is 6.16. The van der Waals surface area contributed by atoms with Gasteiger partial charge < -0.3 is 9.15 Å². The molecule has 0 aliphatic carbocycles. The minimum Gasteiger partial charge on any atom is -0.495 e. The second kappa shape index (κ2) is 8.26. The number of furan rings is 1. The van der Waals surface area contributed by atoms with E-state index in [0.717, 1.165) is 5.56 Å². The average Bonchev–Trinajstić information content (AvgIpc) is 3.19. The zero-order chi connectivity index (χ0) is 20.4. The second-order valence-electron chi connectivity index (χ2n) is 6.83. The fourth-order valence-electron chi connectivity index (χ4n) is 3.42. The van der Waals surface area contributed by atoms with E-state index in [4.69, 9.17) is 9.15 Å². The van der Waals surface area contributed by atoms with Gasteiger partial charge in [0, 0.05) is 13.1 Å².